The summed E-state index contributed by atoms with van der Waals surface area (Å²) in [5, 5.41) is 0. The number of rotatable bonds is 10. The van der Waals surface area contributed by atoms with Gasteiger partial charge < -0.3 is 4.90 Å². The first-order chi connectivity index (χ1) is 27.6. The summed E-state index contributed by atoms with van der Waals surface area (Å²) in [6.07, 6.45) is 10.2. The van der Waals surface area contributed by atoms with Gasteiger partial charge in [-0.05, 0) is 135 Å². The average molecular weight is 762 g/mol. The fraction of sp³-hybridized carbons (Fsp3) is 0.173. The molecule has 10 rings (SSSR count). The van der Waals surface area contributed by atoms with Crippen LogP contribution in [0.5, 0.6) is 0 Å². The van der Waals surface area contributed by atoms with Crippen LogP contribution in [0.4, 0.5) is 17.1 Å². The quantitative estimate of drug-likeness (QED) is 0.129. The van der Waals surface area contributed by atoms with Crippen LogP contribution in [0.25, 0.3) is 44.3 Å². The summed E-state index contributed by atoms with van der Waals surface area (Å²) in [6, 6.07) is 51.9. The maximum absolute atomic E-state index is 11.6. The monoisotopic (exact) mass is 761 g/mol. The van der Waals surface area contributed by atoms with Crippen LogP contribution < -0.4 is 4.90 Å². The largest absolute Gasteiger partial charge is 0.308 e. The van der Waals surface area contributed by atoms with Gasteiger partial charge in [0.15, 0.2) is 6.29 Å². The number of nitrogens with zero attached hydrogens (tertiary/aromatic N) is 1. The molecule has 2 heterocycles. The molecule has 2 nitrogen and oxygen atoms in total. The van der Waals surface area contributed by atoms with E-state index in [9.17, 15) is 4.79 Å². The first kappa shape index (κ1) is 35.0. The Morgan fingerprint density at radius 3 is 1.93 bits per heavy atom. The molecule has 0 bridgehead atoms. The van der Waals surface area contributed by atoms with E-state index in [4.69, 9.17) is 0 Å². The molecule has 0 N–H and O–H groups in total. The second kappa shape index (κ2) is 14.3. The molecule has 0 saturated heterocycles. The van der Waals surface area contributed by atoms with Crippen LogP contribution in [0, 0.1) is 0 Å². The maximum Gasteiger partial charge on any atom is 0.160 e. The van der Waals surface area contributed by atoms with E-state index in [1.807, 2.05) is 17.8 Å². The summed E-state index contributed by atoms with van der Waals surface area (Å²) < 4.78 is 0. The lowest BCUT2D eigenvalue weighted by molar-refractivity contribution is 0.112. The summed E-state index contributed by atoms with van der Waals surface area (Å²) in [5.41, 5.74) is 18.1. The van der Waals surface area contributed by atoms with E-state index < -0.39 is 0 Å². The number of hydrogen-bond acceptors (Lipinski definition) is 4. The molecule has 0 radical (unpaired) electrons. The van der Waals surface area contributed by atoms with E-state index in [1.165, 1.54) is 101 Å². The van der Waals surface area contributed by atoms with Gasteiger partial charge in [0.05, 0.1) is 16.3 Å². The Kier molecular flexibility index (Phi) is 8.92. The maximum atomic E-state index is 11.6. The SMILES string of the molecule is CCCCC1(CCCC)c2cc(-c3ccc(C=O)s3)ccc2-c2ccc(N3c4ccccc4Sc4cc(C=C5c6ccccc6-c6ccccc65)ccc43)cc21. The second-order valence-corrected chi connectivity index (χ2v) is 17.6. The predicted molar refractivity (Wildman–Crippen MR) is 238 cm³/mol. The molecule has 274 valence electrons. The predicted octanol–water partition coefficient (Wildman–Crippen LogP) is 15.4. The summed E-state index contributed by atoms with van der Waals surface area (Å²) in [5.74, 6) is 0. The lowest BCUT2D eigenvalue weighted by atomic mass is 9.70. The van der Waals surface area contributed by atoms with Crippen LogP contribution in [-0.2, 0) is 5.41 Å². The van der Waals surface area contributed by atoms with Gasteiger partial charge in [-0.15, -0.1) is 11.3 Å². The molecular weight excluding hydrogens is 719 g/mol. The fourth-order valence-corrected chi connectivity index (χ4v) is 11.4. The molecule has 2 aliphatic carbocycles. The van der Waals surface area contributed by atoms with Gasteiger partial charge in [-0.3, -0.25) is 4.79 Å². The molecule has 0 atom stereocenters. The highest BCUT2D eigenvalue weighted by Crippen LogP contribution is 2.58. The van der Waals surface area contributed by atoms with Crippen molar-refractivity contribution in [2.24, 2.45) is 0 Å². The van der Waals surface area contributed by atoms with Crippen LogP contribution in [0.1, 0.15) is 89.9 Å². The van der Waals surface area contributed by atoms with Gasteiger partial charge in [0, 0.05) is 25.8 Å². The number of fused-ring (bicyclic) bond motifs is 8. The molecule has 6 aromatic carbocycles. The fourth-order valence-electron chi connectivity index (χ4n) is 9.48. The molecule has 0 unspecified atom stereocenters. The summed E-state index contributed by atoms with van der Waals surface area (Å²) in [6.45, 7) is 4.63. The van der Waals surface area contributed by atoms with Crippen LogP contribution in [0.15, 0.2) is 149 Å². The molecule has 4 heteroatoms. The number of anilines is 3. The second-order valence-electron chi connectivity index (χ2n) is 15.4. The van der Waals surface area contributed by atoms with Gasteiger partial charge in [-0.2, -0.15) is 0 Å². The van der Waals surface area contributed by atoms with Gasteiger partial charge in [-0.25, -0.2) is 0 Å². The molecule has 1 aromatic heterocycles. The van der Waals surface area contributed by atoms with Crippen molar-refractivity contribution in [3.05, 3.63) is 172 Å². The van der Waals surface area contributed by atoms with Crippen molar-refractivity contribution in [2.75, 3.05) is 4.90 Å². The lowest BCUT2D eigenvalue weighted by Gasteiger charge is -2.36. The number of carbonyl (C=O) groups is 1. The Balaban J connectivity index is 1.10. The van der Waals surface area contributed by atoms with Crippen molar-refractivity contribution < 1.29 is 4.79 Å². The number of carbonyl (C=O) groups excluding carboxylic acids is 1. The Labute approximate surface area is 338 Å². The Bertz CT molecular complexity index is 2640. The number of hydrogen-bond donors (Lipinski definition) is 0. The summed E-state index contributed by atoms with van der Waals surface area (Å²) in [7, 11) is 0. The highest BCUT2D eigenvalue weighted by Gasteiger charge is 2.43. The molecule has 56 heavy (non-hydrogen) atoms. The zero-order chi connectivity index (χ0) is 37.8. The topological polar surface area (TPSA) is 20.3 Å². The van der Waals surface area contributed by atoms with Gasteiger partial charge in [0.25, 0.3) is 0 Å². The molecule has 0 spiro atoms. The Morgan fingerprint density at radius 1 is 0.589 bits per heavy atom. The highest BCUT2D eigenvalue weighted by molar-refractivity contribution is 7.99. The smallest absolute Gasteiger partial charge is 0.160 e. The number of para-hydroxylation sites is 1. The first-order valence-corrected chi connectivity index (χ1v) is 21.7. The van der Waals surface area contributed by atoms with Crippen molar-refractivity contribution in [1.82, 2.24) is 0 Å². The van der Waals surface area contributed by atoms with Crippen molar-refractivity contribution in [3.8, 4) is 32.7 Å². The van der Waals surface area contributed by atoms with E-state index in [2.05, 4.69) is 158 Å². The van der Waals surface area contributed by atoms with Crippen molar-refractivity contribution in [3.63, 3.8) is 0 Å². The molecule has 0 fully saturated rings. The van der Waals surface area contributed by atoms with E-state index in [1.54, 1.807) is 11.3 Å². The van der Waals surface area contributed by atoms with E-state index in [0.29, 0.717) is 0 Å². The van der Waals surface area contributed by atoms with Gasteiger partial charge >= 0.3 is 0 Å². The van der Waals surface area contributed by atoms with Crippen LogP contribution in [0.3, 0.4) is 0 Å². The molecule has 0 saturated carbocycles. The van der Waals surface area contributed by atoms with E-state index in [-0.39, 0.29) is 5.41 Å². The zero-order valence-corrected chi connectivity index (χ0v) is 33.5. The van der Waals surface area contributed by atoms with Crippen molar-refractivity contribution in [2.45, 2.75) is 67.6 Å². The first-order valence-electron chi connectivity index (χ1n) is 20.1. The summed E-state index contributed by atoms with van der Waals surface area (Å²) >= 11 is 3.46. The zero-order valence-electron chi connectivity index (χ0n) is 31.8. The molecule has 3 aliphatic rings. The number of unbranched alkanes of at least 4 members (excludes halogenated alkanes) is 2. The number of thiophene rings is 1. The minimum absolute atomic E-state index is 0.0791. The van der Waals surface area contributed by atoms with E-state index in [0.717, 1.165) is 41.7 Å². The molecule has 7 aromatic rings. The third kappa shape index (κ3) is 5.64. The summed E-state index contributed by atoms with van der Waals surface area (Å²) in [4.78, 5) is 18.6. The Hall–Kier alpha value is -5.42. The normalized spacial score (nSPS) is 14.0. The van der Waals surface area contributed by atoms with Crippen LogP contribution in [0.2, 0.25) is 0 Å². The molecular formula is C52H43NOS2. The minimum Gasteiger partial charge on any atom is -0.308 e. The van der Waals surface area contributed by atoms with Gasteiger partial charge in [0.2, 0.25) is 0 Å². The molecule has 0 amide bonds. The molecule has 1 aliphatic heterocycles. The van der Waals surface area contributed by atoms with Gasteiger partial charge in [-0.1, -0.05) is 136 Å². The van der Waals surface area contributed by atoms with E-state index >= 15 is 0 Å². The van der Waals surface area contributed by atoms with Gasteiger partial charge in [0.1, 0.15) is 0 Å². The van der Waals surface area contributed by atoms with Crippen molar-refractivity contribution >= 4 is 58.1 Å². The third-order valence-electron chi connectivity index (χ3n) is 12.1. The number of aldehydes is 1. The lowest BCUT2D eigenvalue weighted by Crippen LogP contribution is -2.26. The number of benzene rings is 6. The standard InChI is InChI=1S/C52H43NOS2/c1-3-5-27-52(28-6-4-2)45-31-35(49-26-22-37(33-54)55-49)20-23-42(45)43-24-21-36(32-46(43)52)53-47-17-11-12-18-50(47)56-51-30-34(19-25-48(51)53)29-44-40-15-9-7-13-38(40)39-14-8-10-16-41(39)44/h7-26,29-33H,3-6,27-28H2,1-2H3. The van der Waals surface area contributed by atoms with Crippen LogP contribution >= 0.6 is 23.1 Å². The van der Waals surface area contributed by atoms with Crippen molar-refractivity contribution in [1.29, 1.82) is 0 Å². The average Bonchev–Trinajstić information content (AvgIpc) is 3.93. The highest BCUT2D eigenvalue weighted by atomic mass is 32.2. The third-order valence-corrected chi connectivity index (χ3v) is 14.3. The van der Waals surface area contributed by atoms with Crippen LogP contribution in [-0.4, -0.2) is 6.29 Å². The minimum atomic E-state index is -0.0791. The Morgan fingerprint density at radius 2 is 1.23 bits per heavy atom.